The summed E-state index contributed by atoms with van der Waals surface area (Å²) >= 11 is 0. The Kier molecular flexibility index (Phi) is 64.0. The van der Waals surface area contributed by atoms with Crippen LogP contribution in [-0.4, -0.2) is 37.2 Å². The highest BCUT2D eigenvalue weighted by molar-refractivity contribution is 5.72. The van der Waals surface area contributed by atoms with Crippen LogP contribution in [0, 0.1) is 0 Å². The largest absolute Gasteiger partial charge is 0.462 e. The zero-order chi connectivity index (χ0) is 59.9. The summed E-state index contributed by atoms with van der Waals surface area (Å²) in [4.78, 5) is 38.2. The Labute approximate surface area is 509 Å². The SMILES string of the molecule is CC/C=C\C/C=C\C/C=C\C/C=C\C/C=C\C/C=C\C/C=C\CCCCCCCCCCCCCCCC(=O)OCC(COC(=O)CCCC/C=C\C/C=C\C/C=C\C/C=C\CC)OC(=O)C/C=C\C/C=C\C/C=C\C/C=C\C/C=C\CC. The van der Waals surface area contributed by atoms with Crippen molar-refractivity contribution in [2.75, 3.05) is 13.2 Å². The summed E-state index contributed by atoms with van der Waals surface area (Å²) in [6.07, 6.45) is 105. The summed E-state index contributed by atoms with van der Waals surface area (Å²) in [7, 11) is 0. The van der Waals surface area contributed by atoms with Crippen LogP contribution in [0.2, 0.25) is 0 Å². The third kappa shape index (κ3) is 66.9. The highest BCUT2D eigenvalue weighted by atomic mass is 16.6. The average molecular weight is 1140 g/mol. The number of esters is 3. The van der Waals surface area contributed by atoms with Crippen molar-refractivity contribution in [2.45, 2.75) is 258 Å². The molecule has 0 aliphatic heterocycles. The van der Waals surface area contributed by atoms with E-state index >= 15 is 0 Å². The van der Waals surface area contributed by atoms with Crippen molar-refractivity contribution in [1.29, 1.82) is 0 Å². The second kappa shape index (κ2) is 68.7. The predicted octanol–water partition coefficient (Wildman–Crippen LogP) is 23.0. The molecule has 0 radical (unpaired) electrons. The van der Waals surface area contributed by atoms with Gasteiger partial charge in [0.2, 0.25) is 0 Å². The predicted molar refractivity (Wildman–Crippen MR) is 361 cm³/mol. The second-order valence-electron chi connectivity index (χ2n) is 20.9. The lowest BCUT2D eigenvalue weighted by Crippen LogP contribution is -2.30. The van der Waals surface area contributed by atoms with E-state index in [1.807, 2.05) is 6.08 Å². The second-order valence-corrected chi connectivity index (χ2v) is 20.9. The van der Waals surface area contributed by atoms with Gasteiger partial charge >= 0.3 is 17.9 Å². The lowest BCUT2D eigenvalue weighted by atomic mass is 10.0. The fourth-order valence-corrected chi connectivity index (χ4v) is 8.31. The number of hydrogen-bond donors (Lipinski definition) is 0. The van der Waals surface area contributed by atoms with Gasteiger partial charge in [-0.1, -0.05) is 286 Å². The van der Waals surface area contributed by atoms with Crippen LogP contribution >= 0.6 is 0 Å². The summed E-state index contributed by atoms with van der Waals surface area (Å²) in [5.41, 5.74) is 0. The van der Waals surface area contributed by atoms with Crippen molar-refractivity contribution in [1.82, 2.24) is 0 Å². The van der Waals surface area contributed by atoms with Crippen LogP contribution in [0.4, 0.5) is 0 Å². The van der Waals surface area contributed by atoms with Gasteiger partial charge in [-0.2, -0.15) is 0 Å². The number of rotatable bonds is 57. The molecule has 0 amide bonds. The maximum atomic E-state index is 12.8. The Morgan fingerprint density at radius 1 is 0.253 bits per heavy atom. The van der Waals surface area contributed by atoms with Crippen LogP contribution in [0.25, 0.3) is 0 Å². The van der Waals surface area contributed by atoms with E-state index in [2.05, 4.69) is 203 Å². The molecule has 0 aliphatic carbocycles. The minimum atomic E-state index is -0.861. The van der Waals surface area contributed by atoms with Crippen LogP contribution in [0.15, 0.2) is 194 Å². The first-order valence-electron chi connectivity index (χ1n) is 32.9. The van der Waals surface area contributed by atoms with Crippen LogP contribution in [0.5, 0.6) is 0 Å². The van der Waals surface area contributed by atoms with Crippen molar-refractivity contribution in [3.05, 3.63) is 194 Å². The van der Waals surface area contributed by atoms with E-state index in [0.717, 1.165) is 128 Å². The summed E-state index contributed by atoms with van der Waals surface area (Å²) in [6, 6.07) is 0. The van der Waals surface area contributed by atoms with Gasteiger partial charge in [-0.25, -0.2) is 0 Å². The van der Waals surface area contributed by atoms with Crippen LogP contribution in [0.3, 0.4) is 0 Å². The van der Waals surface area contributed by atoms with Gasteiger partial charge in [0.1, 0.15) is 13.2 Å². The van der Waals surface area contributed by atoms with Gasteiger partial charge in [-0.05, 0) is 141 Å². The molecule has 0 bridgehead atoms. The molecule has 0 rings (SSSR count). The Balaban J connectivity index is 4.32. The molecular weight excluding hydrogens is 1020 g/mol. The monoisotopic (exact) mass is 1140 g/mol. The minimum Gasteiger partial charge on any atom is -0.462 e. The highest BCUT2D eigenvalue weighted by Crippen LogP contribution is 2.15. The molecule has 6 heteroatoms. The summed E-state index contributed by atoms with van der Waals surface area (Å²) in [5, 5.41) is 0. The molecule has 83 heavy (non-hydrogen) atoms. The van der Waals surface area contributed by atoms with E-state index in [9.17, 15) is 14.4 Å². The zero-order valence-corrected chi connectivity index (χ0v) is 52.9. The van der Waals surface area contributed by atoms with E-state index in [1.54, 1.807) is 6.08 Å². The molecule has 6 nitrogen and oxygen atoms in total. The Morgan fingerprint density at radius 2 is 0.470 bits per heavy atom. The molecule has 0 N–H and O–H groups in total. The van der Waals surface area contributed by atoms with Gasteiger partial charge in [-0.3, -0.25) is 14.4 Å². The van der Waals surface area contributed by atoms with Crippen molar-refractivity contribution < 1.29 is 28.6 Å². The maximum Gasteiger partial charge on any atom is 0.310 e. The van der Waals surface area contributed by atoms with Crippen molar-refractivity contribution in [3.63, 3.8) is 0 Å². The van der Waals surface area contributed by atoms with E-state index in [0.29, 0.717) is 19.3 Å². The Bertz CT molecular complexity index is 1990. The van der Waals surface area contributed by atoms with Crippen LogP contribution in [0.1, 0.15) is 252 Å². The molecule has 0 saturated heterocycles. The van der Waals surface area contributed by atoms with Crippen LogP contribution in [-0.2, 0) is 28.6 Å². The molecule has 0 spiro atoms. The maximum absolute atomic E-state index is 12.8. The summed E-state index contributed by atoms with van der Waals surface area (Å²) in [6.45, 7) is 6.16. The number of carbonyl (C=O) groups excluding carboxylic acids is 3. The summed E-state index contributed by atoms with van der Waals surface area (Å²) < 4.78 is 16.7. The molecule has 0 aromatic carbocycles. The van der Waals surface area contributed by atoms with Gasteiger partial charge in [0.05, 0.1) is 6.42 Å². The lowest BCUT2D eigenvalue weighted by Gasteiger charge is -2.18. The fourth-order valence-electron chi connectivity index (χ4n) is 8.31. The molecular formula is C77H118O6. The zero-order valence-electron chi connectivity index (χ0n) is 52.9. The number of hydrogen-bond acceptors (Lipinski definition) is 6. The number of allylic oxidation sites excluding steroid dienone is 31. The number of carbonyl (C=O) groups is 3. The standard InChI is InChI=1S/C77H118O6/c1-4-7-10-13-16-19-22-25-28-29-30-31-32-33-34-35-36-37-38-39-40-41-42-43-44-45-46-47-50-52-55-58-61-64-67-70-76(79)82-73-74(83-77(80)71-68-65-62-59-56-53-49-27-24-21-18-15-12-9-6-3)72-81-75(78)69-66-63-60-57-54-51-48-26-23-20-17-14-11-8-5-2/h7-12,16-21,25-28,30-31,33-34,36-37,39-40,48-49,54,56-57,59,65,68,74H,4-6,13-15,22-24,29,32,35,38,41-47,50-53,55,58,60-64,66-67,69-73H2,1-3H3/b10-7-,11-8-,12-9-,19-16-,20-17-,21-18-,28-25-,31-30-,34-33-,37-36-,40-39-,48-26-,49-27-,57-54-,59-56-,68-65-. The average Bonchev–Trinajstić information content (AvgIpc) is 3.49. The van der Waals surface area contributed by atoms with Crippen molar-refractivity contribution in [3.8, 4) is 0 Å². The first-order valence-corrected chi connectivity index (χ1v) is 32.9. The summed E-state index contributed by atoms with van der Waals surface area (Å²) in [5.74, 6) is -1.12. The molecule has 1 atom stereocenters. The number of unbranched alkanes of at least 4 members (excludes halogenated alkanes) is 15. The number of ether oxygens (including phenoxy) is 3. The highest BCUT2D eigenvalue weighted by Gasteiger charge is 2.19. The molecule has 0 aromatic heterocycles. The Hall–Kier alpha value is -5.75. The van der Waals surface area contributed by atoms with Gasteiger partial charge in [0, 0.05) is 12.8 Å². The van der Waals surface area contributed by atoms with Crippen molar-refractivity contribution in [2.24, 2.45) is 0 Å². The van der Waals surface area contributed by atoms with E-state index in [4.69, 9.17) is 14.2 Å². The molecule has 0 saturated carbocycles. The molecule has 462 valence electrons. The van der Waals surface area contributed by atoms with Gasteiger partial charge in [-0.15, -0.1) is 0 Å². The van der Waals surface area contributed by atoms with E-state index in [-0.39, 0.29) is 38.0 Å². The van der Waals surface area contributed by atoms with Gasteiger partial charge < -0.3 is 14.2 Å². The quantitative estimate of drug-likeness (QED) is 0.0261. The van der Waals surface area contributed by atoms with Crippen molar-refractivity contribution >= 4 is 17.9 Å². The van der Waals surface area contributed by atoms with Gasteiger partial charge in [0.25, 0.3) is 0 Å². The minimum absolute atomic E-state index is 0.0789. The van der Waals surface area contributed by atoms with E-state index in [1.165, 1.54) is 70.6 Å². The fraction of sp³-hybridized carbons (Fsp3) is 0.545. The topological polar surface area (TPSA) is 78.9 Å². The molecule has 0 aromatic rings. The molecule has 0 aliphatic rings. The lowest BCUT2D eigenvalue weighted by molar-refractivity contribution is -0.166. The Morgan fingerprint density at radius 3 is 0.759 bits per heavy atom. The first-order chi connectivity index (χ1) is 41.0. The smallest absolute Gasteiger partial charge is 0.310 e. The third-order valence-corrected chi connectivity index (χ3v) is 13.1. The molecule has 1 unspecified atom stereocenters. The first kappa shape index (κ1) is 77.2. The molecule has 0 fully saturated rings. The molecule has 0 heterocycles. The third-order valence-electron chi connectivity index (χ3n) is 13.1. The van der Waals surface area contributed by atoms with Crippen LogP contribution < -0.4 is 0 Å². The van der Waals surface area contributed by atoms with E-state index < -0.39 is 12.1 Å². The van der Waals surface area contributed by atoms with Gasteiger partial charge in [0.15, 0.2) is 6.10 Å². The normalized spacial score (nSPS) is 13.4.